The number of hydrogen-bond acceptors (Lipinski definition) is 4. The highest BCUT2D eigenvalue weighted by atomic mass is 16.5. The first-order valence-corrected chi connectivity index (χ1v) is 5.04. The summed E-state index contributed by atoms with van der Waals surface area (Å²) in [7, 11) is 1.48. The fourth-order valence-electron chi connectivity index (χ4n) is 1.54. The van der Waals surface area contributed by atoms with Crippen LogP contribution in [0.2, 0.25) is 0 Å². The van der Waals surface area contributed by atoms with Gasteiger partial charge in [-0.2, -0.15) is 4.98 Å². The Labute approximate surface area is 87.4 Å². The monoisotopic (exact) mass is 210 g/mol. The van der Waals surface area contributed by atoms with E-state index in [1.807, 2.05) is 0 Å². The maximum Gasteiger partial charge on any atom is 0.336 e. The van der Waals surface area contributed by atoms with E-state index in [2.05, 4.69) is 20.5 Å². The summed E-state index contributed by atoms with van der Waals surface area (Å²) in [5.41, 5.74) is 0. The van der Waals surface area contributed by atoms with Crippen LogP contribution in [-0.4, -0.2) is 28.2 Å². The van der Waals surface area contributed by atoms with Crippen molar-refractivity contribution in [1.29, 1.82) is 0 Å². The van der Waals surface area contributed by atoms with Gasteiger partial charge in [0.05, 0.1) is 7.11 Å². The minimum atomic E-state index is -0.0153. The van der Waals surface area contributed by atoms with Crippen molar-refractivity contribution in [3.05, 3.63) is 0 Å². The summed E-state index contributed by atoms with van der Waals surface area (Å²) in [5, 5.41) is 8.95. The van der Waals surface area contributed by atoms with Crippen molar-refractivity contribution >= 4 is 11.9 Å². The Morgan fingerprint density at radius 2 is 2.47 bits per heavy atom. The fraction of sp³-hybridized carbons (Fsp3) is 0.667. The normalized spacial score (nSPS) is 15.8. The zero-order valence-corrected chi connectivity index (χ0v) is 8.62. The van der Waals surface area contributed by atoms with E-state index in [0.717, 1.165) is 12.8 Å². The number of amides is 1. The summed E-state index contributed by atoms with van der Waals surface area (Å²) >= 11 is 0. The number of aromatic amines is 1. The van der Waals surface area contributed by atoms with Crippen molar-refractivity contribution in [1.82, 2.24) is 15.2 Å². The van der Waals surface area contributed by atoms with E-state index in [9.17, 15) is 4.79 Å². The molecule has 0 aromatic carbocycles. The second-order valence-corrected chi connectivity index (χ2v) is 3.72. The Morgan fingerprint density at radius 1 is 1.67 bits per heavy atom. The molecule has 1 aromatic rings. The summed E-state index contributed by atoms with van der Waals surface area (Å²) < 4.78 is 4.79. The molecule has 2 N–H and O–H groups in total. The molecule has 2 rings (SSSR count). The molecule has 1 heterocycles. The van der Waals surface area contributed by atoms with Crippen LogP contribution >= 0.6 is 0 Å². The van der Waals surface area contributed by atoms with Gasteiger partial charge in [0, 0.05) is 6.42 Å². The second kappa shape index (κ2) is 4.29. The van der Waals surface area contributed by atoms with Crippen molar-refractivity contribution in [3.8, 4) is 6.01 Å². The number of anilines is 1. The average Bonchev–Trinajstić information content (AvgIpc) is 2.59. The van der Waals surface area contributed by atoms with Gasteiger partial charge in [0.2, 0.25) is 11.9 Å². The number of carbonyl (C=O) groups is 1. The quantitative estimate of drug-likeness (QED) is 0.775. The Hall–Kier alpha value is -1.59. The highest BCUT2D eigenvalue weighted by Crippen LogP contribution is 2.29. The van der Waals surface area contributed by atoms with Gasteiger partial charge in [0.1, 0.15) is 0 Å². The highest BCUT2D eigenvalue weighted by molar-refractivity contribution is 5.89. The van der Waals surface area contributed by atoms with Crippen LogP contribution in [0, 0.1) is 5.92 Å². The SMILES string of the molecule is COc1n[nH]c(NC(=O)CC2CCC2)n1. The molecular formula is C9H14N4O2. The van der Waals surface area contributed by atoms with Gasteiger partial charge in [0.15, 0.2) is 0 Å². The van der Waals surface area contributed by atoms with Gasteiger partial charge in [0.25, 0.3) is 0 Å². The lowest BCUT2D eigenvalue weighted by Crippen LogP contribution is -2.21. The number of H-pyrrole nitrogens is 1. The Morgan fingerprint density at radius 3 is 3.00 bits per heavy atom. The zero-order chi connectivity index (χ0) is 10.7. The minimum Gasteiger partial charge on any atom is -0.466 e. The lowest BCUT2D eigenvalue weighted by Gasteiger charge is -2.24. The molecule has 1 fully saturated rings. The third kappa shape index (κ3) is 2.45. The molecule has 1 aromatic heterocycles. The number of ether oxygens (including phenoxy) is 1. The molecule has 0 spiro atoms. The van der Waals surface area contributed by atoms with Crippen LogP contribution in [0.3, 0.4) is 0 Å². The molecule has 6 heteroatoms. The van der Waals surface area contributed by atoms with Gasteiger partial charge < -0.3 is 4.74 Å². The summed E-state index contributed by atoms with van der Waals surface area (Å²) in [6.07, 6.45) is 4.14. The van der Waals surface area contributed by atoms with Crippen LogP contribution in [0.25, 0.3) is 0 Å². The molecule has 0 saturated heterocycles. The molecular weight excluding hydrogens is 196 g/mol. The van der Waals surface area contributed by atoms with E-state index in [1.54, 1.807) is 0 Å². The van der Waals surface area contributed by atoms with E-state index in [4.69, 9.17) is 4.74 Å². The van der Waals surface area contributed by atoms with Crippen LogP contribution in [0.5, 0.6) is 6.01 Å². The Bertz CT molecular complexity index is 346. The van der Waals surface area contributed by atoms with Gasteiger partial charge in [-0.15, -0.1) is 5.10 Å². The van der Waals surface area contributed by atoms with Crippen molar-refractivity contribution in [3.63, 3.8) is 0 Å². The van der Waals surface area contributed by atoms with E-state index < -0.39 is 0 Å². The summed E-state index contributed by atoms with van der Waals surface area (Å²) in [6.45, 7) is 0. The predicted molar refractivity (Wildman–Crippen MR) is 53.5 cm³/mol. The van der Waals surface area contributed by atoms with Gasteiger partial charge in [-0.3, -0.25) is 10.1 Å². The molecule has 0 unspecified atom stereocenters. The number of hydrogen-bond donors (Lipinski definition) is 2. The smallest absolute Gasteiger partial charge is 0.336 e. The number of carbonyl (C=O) groups excluding carboxylic acids is 1. The van der Waals surface area contributed by atoms with Crippen LogP contribution in [-0.2, 0) is 4.79 Å². The van der Waals surface area contributed by atoms with Gasteiger partial charge >= 0.3 is 6.01 Å². The summed E-state index contributed by atoms with van der Waals surface area (Å²) in [6, 6.07) is 0.231. The van der Waals surface area contributed by atoms with Gasteiger partial charge in [-0.05, 0) is 18.8 Å². The largest absolute Gasteiger partial charge is 0.466 e. The molecule has 6 nitrogen and oxygen atoms in total. The van der Waals surface area contributed by atoms with E-state index in [0.29, 0.717) is 18.3 Å². The molecule has 0 radical (unpaired) electrons. The number of nitrogens with zero attached hydrogens (tertiary/aromatic N) is 2. The van der Waals surface area contributed by atoms with Gasteiger partial charge in [-0.1, -0.05) is 6.42 Å². The third-order valence-electron chi connectivity index (χ3n) is 2.60. The Kier molecular flexibility index (Phi) is 2.84. The maximum atomic E-state index is 11.5. The molecule has 15 heavy (non-hydrogen) atoms. The van der Waals surface area contributed by atoms with Crippen LogP contribution in [0.4, 0.5) is 5.95 Å². The molecule has 1 aliphatic rings. The highest BCUT2D eigenvalue weighted by Gasteiger charge is 2.21. The van der Waals surface area contributed by atoms with E-state index in [-0.39, 0.29) is 11.9 Å². The fourth-order valence-corrected chi connectivity index (χ4v) is 1.54. The molecule has 82 valence electrons. The standard InChI is InChI=1S/C9H14N4O2/c1-15-9-11-8(12-13-9)10-7(14)5-6-3-2-4-6/h6H,2-5H2,1H3,(H2,10,11,12,13,14). The molecule has 0 atom stereocenters. The molecule has 1 saturated carbocycles. The third-order valence-corrected chi connectivity index (χ3v) is 2.60. The summed E-state index contributed by atoms with van der Waals surface area (Å²) in [4.78, 5) is 15.4. The number of nitrogens with one attached hydrogen (secondary N) is 2. The van der Waals surface area contributed by atoms with Crippen molar-refractivity contribution in [2.24, 2.45) is 5.92 Å². The zero-order valence-electron chi connectivity index (χ0n) is 8.62. The lowest BCUT2D eigenvalue weighted by molar-refractivity contribution is -0.117. The van der Waals surface area contributed by atoms with Crippen LogP contribution < -0.4 is 10.1 Å². The first-order valence-electron chi connectivity index (χ1n) is 5.04. The molecule has 0 bridgehead atoms. The average molecular weight is 210 g/mol. The molecule has 0 aliphatic heterocycles. The topological polar surface area (TPSA) is 79.9 Å². The van der Waals surface area contributed by atoms with Crippen LogP contribution in [0.1, 0.15) is 25.7 Å². The van der Waals surface area contributed by atoms with E-state index >= 15 is 0 Å². The number of rotatable bonds is 4. The predicted octanol–water partition coefficient (Wildman–Crippen LogP) is 0.942. The van der Waals surface area contributed by atoms with Crippen molar-refractivity contribution in [2.45, 2.75) is 25.7 Å². The first kappa shape index (κ1) is 9.95. The summed E-state index contributed by atoms with van der Waals surface area (Å²) in [5.74, 6) is 0.879. The number of methoxy groups -OCH3 is 1. The lowest BCUT2D eigenvalue weighted by atomic mass is 9.83. The number of aromatic nitrogens is 3. The van der Waals surface area contributed by atoms with Crippen molar-refractivity contribution < 1.29 is 9.53 Å². The maximum absolute atomic E-state index is 11.5. The van der Waals surface area contributed by atoms with E-state index in [1.165, 1.54) is 13.5 Å². The molecule has 1 amide bonds. The van der Waals surface area contributed by atoms with Crippen LogP contribution in [0.15, 0.2) is 0 Å². The first-order chi connectivity index (χ1) is 7.28. The minimum absolute atomic E-state index is 0.0153. The van der Waals surface area contributed by atoms with Gasteiger partial charge in [-0.25, -0.2) is 5.10 Å². The Balaban J connectivity index is 1.82. The van der Waals surface area contributed by atoms with Crippen molar-refractivity contribution in [2.75, 3.05) is 12.4 Å². The molecule has 1 aliphatic carbocycles. The second-order valence-electron chi connectivity index (χ2n) is 3.72.